The van der Waals surface area contributed by atoms with Crippen molar-refractivity contribution >= 4 is 131 Å². The number of aromatic nitrogens is 3. The van der Waals surface area contributed by atoms with Gasteiger partial charge in [-0.2, -0.15) is 17.9 Å². The molecule has 5 aromatic heterocycles. The van der Waals surface area contributed by atoms with E-state index < -0.39 is 11.9 Å². The Bertz CT molecular complexity index is 1900. The SMILES string of the molecule is COC(=O)CS.COC(=O)c1sc2ncc(Cl)cc2c1N.N#Cc1cc(Cl)cnc1Cl.Nc1c(C(=O)O)sc2ncc(Cl)cc12.[Na+].[OH-]. The number of thiophene rings is 2. The second-order valence-corrected chi connectivity index (χ2v) is 11.8. The summed E-state index contributed by atoms with van der Waals surface area (Å²) in [7, 11) is 2.64. The maximum absolute atomic E-state index is 11.3. The summed E-state index contributed by atoms with van der Waals surface area (Å²) < 4.78 is 8.79. The molecule has 0 aromatic carbocycles. The van der Waals surface area contributed by atoms with E-state index in [1.165, 1.54) is 50.2 Å². The fraction of sp³-hybridized carbons (Fsp3) is 0.115. The summed E-state index contributed by atoms with van der Waals surface area (Å²) in [4.78, 5) is 45.4. The molecule has 0 radical (unpaired) electrons. The Morgan fingerprint density at radius 3 is 1.70 bits per heavy atom. The second-order valence-electron chi connectivity index (χ2n) is 7.84. The molecular weight excluding hydrogens is 769 g/mol. The van der Waals surface area contributed by atoms with Gasteiger partial charge in [-0.05, 0) is 18.2 Å². The molecule has 0 spiro atoms. The molecule has 0 saturated heterocycles. The molecule has 0 atom stereocenters. The van der Waals surface area contributed by atoms with E-state index in [4.69, 9.17) is 68.2 Å². The van der Waals surface area contributed by atoms with Crippen molar-refractivity contribution in [1.82, 2.24) is 15.0 Å². The number of nitrogens with zero attached hydrogens (tertiary/aromatic N) is 4. The maximum atomic E-state index is 11.3. The van der Waals surface area contributed by atoms with Gasteiger partial charge in [-0.25, -0.2) is 24.5 Å². The number of halogens is 4. The number of nitriles is 1. The number of fused-ring (bicyclic) bond motifs is 2. The Kier molecular flexibility index (Phi) is 20.1. The molecule has 0 aliphatic heterocycles. The minimum Gasteiger partial charge on any atom is -0.870 e. The third kappa shape index (κ3) is 12.7. The number of carboxylic acids is 1. The Labute approximate surface area is 322 Å². The Morgan fingerprint density at radius 2 is 1.32 bits per heavy atom. The molecule has 0 amide bonds. The topological polar surface area (TPSA) is 234 Å². The molecule has 6 N–H and O–H groups in total. The van der Waals surface area contributed by atoms with Crippen LogP contribution in [-0.4, -0.2) is 63.4 Å². The molecule has 47 heavy (non-hydrogen) atoms. The molecule has 0 saturated carbocycles. The van der Waals surface area contributed by atoms with Crippen molar-refractivity contribution in [2.24, 2.45) is 0 Å². The first kappa shape index (κ1) is 44.3. The molecular formula is C26H21Cl4N6NaO7S3. The van der Waals surface area contributed by atoms with Gasteiger partial charge in [-0.15, -0.1) is 22.7 Å². The maximum Gasteiger partial charge on any atom is 1.00 e. The fourth-order valence-corrected chi connectivity index (χ4v) is 5.52. The van der Waals surface area contributed by atoms with Gasteiger partial charge in [0.15, 0.2) is 0 Å². The molecule has 5 heterocycles. The zero-order valence-electron chi connectivity index (χ0n) is 24.3. The standard InChI is InChI=1S/C9H7ClN2O2S.C8H5ClN2O2S.C6H2Cl2N2.C3H6O2S.Na.H2O/c1-14-9(13)7-6(11)5-2-4(10)3-12-8(5)15-7;9-3-1-4-5(10)6(8(12)13)14-7(4)11-2-3;7-5-1-4(2-9)6(8)10-3-5;1-5-3(4)2-6;;/h2-3H,11H2,1H3;1-2H,10H2,(H,12,13);1,3H;6H,2H2,1H3;;1H2/q;;;;+1;/p-1. The first-order chi connectivity index (χ1) is 21.3. The van der Waals surface area contributed by atoms with Gasteiger partial charge >= 0.3 is 47.5 Å². The van der Waals surface area contributed by atoms with E-state index >= 15 is 0 Å². The van der Waals surface area contributed by atoms with Crippen LogP contribution in [0.25, 0.3) is 20.4 Å². The number of ether oxygens (including phenoxy) is 2. The normalized spacial score (nSPS) is 9.40. The van der Waals surface area contributed by atoms with Gasteiger partial charge in [-0.3, -0.25) is 4.79 Å². The van der Waals surface area contributed by atoms with Crippen molar-refractivity contribution in [3.63, 3.8) is 0 Å². The molecule has 0 aliphatic rings. The first-order valence-corrected chi connectivity index (χ1v) is 15.4. The fourth-order valence-electron chi connectivity index (χ4n) is 2.92. The van der Waals surface area contributed by atoms with Crippen molar-refractivity contribution < 1.29 is 64.0 Å². The van der Waals surface area contributed by atoms with E-state index in [1.54, 1.807) is 12.1 Å². The largest absolute Gasteiger partial charge is 1.00 e. The van der Waals surface area contributed by atoms with Crippen LogP contribution in [-0.2, 0) is 14.3 Å². The van der Waals surface area contributed by atoms with Crippen LogP contribution in [0.4, 0.5) is 11.4 Å². The Hall–Kier alpha value is -2.66. The van der Waals surface area contributed by atoms with E-state index in [9.17, 15) is 14.4 Å². The summed E-state index contributed by atoms with van der Waals surface area (Å²) in [5.74, 6) is -1.62. The average Bonchev–Trinajstić information content (AvgIpc) is 3.54. The van der Waals surface area contributed by atoms with E-state index in [1.807, 2.05) is 6.07 Å². The number of nitrogens with two attached hydrogens (primary N) is 2. The van der Waals surface area contributed by atoms with E-state index in [0.717, 1.165) is 11.3 Å². The minimum absolute atomic E-state index is 0. The van der Waals surface area contributed by atoms with Crippen LogP contribution >= 0.6 is 81.7 Å². The predicted molar refractivity (Wildman–Crippen MR) is 183 cm³/mol. The smallest absolute Gasteiger partial charge is 0.870 e. The number of pyridine rings is 3. The van der Waals surface area contributed by atoms with Crippen molar-refractivity contribution in [3.05, 3.63) is 72.3 Å². The van der Waals surface area contributed by atoms with Crippen LogP contribution in [0.5, 0.6) is 0 Å². The van der Waals surface area contributed by atoms with E-state index in [-0.39, 0.29) is 62.5 Å². The van der Waals surface area contributed by atoms with Gasteiger partial charge in [0.05, 0.1) is 52.0 Å². The number of hydrogen-bond acceptors (Lipinski definition) is 15. The summed E-state index contributed by atoms with van der Waals surface area (Å²) in [6, 6.07) is 6.62. The molecule has 5 aromatic rings. The summed E-state index contributed by atoms with van der Waals surface area (Å²) in [5, 5.41) is 20.0. The van der Waals surface area contributed by atoms with Gasteiger partial charge < -0.3 is 31.5 Å². The van der Waals surface area contributed by atoms with E-state index in [0.29, 0.717) is 51.6 Å². The van der Waals surface area contributed by atoms with Crippen LogP contribution in [0, 0.1) is 11.3 Å². The summed E-state index contributed by atoms with van der Waals surface area (Å²) in [6.45, 7) is 0. The number of aromatic carboxylic acids is 1. The number of carbonyl (C=O) groups excluding carboxylic acids is 2. The monoisotopic (exact) mass is 788 g/mol. The van der Waals surface area contributed by atoms with Gasteiger partial charge in [-0.1, -0.05) is 46.4 Å². The number of rotatable bonds is 3. The number of nitrogen functional groups attached to an aromatic ring is 2. The third-order valence-corrected chi connectivity index (χ3v) is 8.36. The van der Waals surface area contributed by atoms with Gasteiger partial charge in [0, 0.05) is 29.4 Å². The number of hydrogen-bond donors (Lipinski definition) is 4. The number of carboxylic acid groups (broad SMARTS) is 1. The Morgan fingerprint density at radius 1 is 0.872 bits per heavy atom. The van der Waals surface area contributed by atoms with Crippen molar-refractivity contribution in [2.45, 2.75) is 0 Å². The second kappa shape index (κ2) is 21.3. The van der Waals surface area contributed by atoms with Crippen molar-refractivity contribution in [1.29, 1.82) is 5.26 Å². The average molecular weight is 790 g/mol. The van der Waals surface area contributed by atoms with Crippen molar-refractivity contribution in [2.75, 3.05) is 31.4 Å². The number of thiol groups is 1. The Balaban J connectivity index is 0.000000620. The quantitative estimate of drug-likeness (QED) is 0.0884. The van der Waals surface area contributed by atoms with E-state index in [2.05, 4.69) is 37.1 Å². The number of methoxy groups -OCH3 is 2. The van der Waals surface area contributed by atoms with Crippen molar-refractivity contribution in [3.8, 4) is 6.07 Å². The molecule has 0 aliphatic carbocycles. The first-order valence-electron chi connectivity index (χ1n) is 11.6. The molecule has 0 unspecified atom stereocenters. The molecule has 0 fully saturated rings. The molecule has 21 heteroatoms. The molecule has 244 valence electrons. The third-order valence-electron chi connectivity index (χ3n) is 4.95. The minimum atomic E-state index is -1.04. The van der Waals surface area contributed by atoms with Crippen LogP contribution in [0.2, 0.25) is 20.2 Å². The van der Waals surface area contributed by atoms with Crippen LogP contribution in [0.3, 0.4) is 0 Å². The number of anilines is 2. The molecule has 0 bridgehead atoms. The van der Waals surface area contributed by atoms with Gasteiger partial charge in [0.1, 0.15) is 30.6 Å². The molecule has 5 rings (SSSR count). The van der Waals surface area contributed by atoms with Crippen LogP contribution < -0.4 is 41.0 Å². The summed E-state index contributed by atoms with van der Waals surface area (Å²) >= 11 is 28.4. The number of carbonyl (C=O) groups is 3. The zero-order valence-corrected chi connectivity index (χ0v) is 31.9. The summed E-state index contributed by atoms with van der Waals surface area (Å²) in [5.41, 5.74) is 12.3. The van der Waals surface area contributed by atoms with Crippen LogP contribution in [0.1, 0.15) is 24.9 Å². The van der Waals surface area contributed by atoms with Gasteiger partial charge in [0.2, 0.25) is 0 Å². The molecule has 13 nitrogen and oxygen atoms in total. The number of esters is 2. The predicted octanol–water partition coefficient (Wildman–Crippen LogP) is 3.73. The summed E-state index contributed by atoms with van der Waals surface area (Å²) in [6.07, 6.45) is 4.37. The van der Waals surface area contributed by atoms with Gasteiger partial charge in [0.25, 0.3) is 0 Å². The zero-order chi connectivity index (χ0) is 33.8. The van der Waals surface area contributed by atoms with Crippen LogP contribution in [0.15, 0.2) is 36.8 Å².